The minimum absolute atomic E-state index is 0.124. The van der Waals surface area contributed by atoms with Gasteiger partial charge >= 0.3 is 6.09 Å². The smallest absolute Gasteiger partial charge is 0.411 e. The Morgan fingerprint density at radius 1 is 1.43 bits per heavy atom. The van der Waals surface area contributed by atoms with Crippen LogP contribution in [0.2, 0.25) is 0 Å². The lowest BCUT2D eigenvalue weighted by atomic mass is 10.2. The van der Waals surface area contributed by atoms with Gasteiger partial charge in [0.2, 0.25) is 0 Å². The van der Waals surface area contributed by atoms with E-state index in [2.05, 4.69) is 26.2 Å². The highest BCUT2D eigenvalue weighted by Crippen LogP contribution is 2.16. The minimum atomic E-state index is -0.751. The molecule has 2 amide bonds. The number of nitrogens with one attached hydrogen (secondary N) is 1. The number of halogens is 1. The van der Waals surface area contributed by atoms with Crippen LogP contribution < -0.4 is 5.32 Å². The van der Waals surface area contributed by atoms with Gasteiger partial charge in [-0.15, -0.1) is 0 Å². The molecule has 2 heterocycles. The Morgan fingerprint density at radius 3 is 2.83 bits per heavy atom. The molecule has 1 aromatic rings. The molecule has 2 rings (SSSR count). The predicted octanol–water partition coefficient (Wildman–Crippen LogP) is 2.42. The number of nitrogens with zero attached hydrogens (tertiary/aromatic N) is 2. The van der Waals surface area contributed by atoms with Crippen molar-refractivity contribution in [2.24, 2.45) is 0 Å². The molecule has 0 aliphatic carbocycles. The molecule has 1 aliphatic rings. The van der Waals surface area contributed by atoms with Crippen molar-refractivity contribution in [2.75, 3.05) is 25.1 Å². The van der Waals surface area contributed by atoms with Crippen LogP contribution in [-0.4, -0.2) is 53.3 Å². The maximum atomic E-state index is 12.5. The summed E-state index contributed by atoms with van der Waals surface area (Å²) in [7, 11) is 0. The summed E-state index contributed by atoms with van der Waals surface area (Å²) in [4.78, 5) is 30.3. The largest absolute Gasteiger partial charge is 0.444 e. The van der Waals surface area contributed by atoms with Crippen LogP contribution in [0.25, 0.3) is 0 Å². The highest BCUT2D eigenvalue weighted by Gasteiger charge is 2.35. The molecule has 1 N–H and O–H groups in total. The van der Waals surface area contributed by atoms with Crippen LogP contribution in [0.1, 0.15) is 20.8 Å². The summed E-state index contributed by atoms with van der Waals surface area (Å²) in [6.07, 6.45) is -0.525. The third-order valence-corrected chi connectivity index (χ3v) is 3.47. The zero-order chi connectivity index (χ0) is 17.0. The molecule has 0 saturated carbocycles. The normalized spacial score (nSPS) is 18.4. The quantitative estimate of drug-likeness (QED) is 0.790. The van der Waals surface area contributed by atoms with Crippen molar-refractivity contribution >= 4 is 33.7 Å². The van der Waals surface area contributed by atoms with Crippen molar-refractivity contribution in [1.82, 2.24) is 9.88 Å². The molecule has 7 nitrogen and oxygen atoms in total. The number of carbonyl (C=O) groups excluding carboxylic acids is 2. The number of hydrogen-bond acceptors (Lipinski definition) is 5. The molecule has 1 aromatic heterocycles. The van der Waals surface area contributed by atoms with Gasteiger partial charge in [0, 0.05) is 6.54 Å². The predicted molar refractivity (Wildman–Crippen MR) is 88.1 cm³/mol. The Balaban J connectivity index is 2.08. The molecular formula is C15H20BrN3O4. The number of pyridine rings is 1. The number of anilines is 1. The van der Waals surface area contributed by atoms with Crippen LogP contribution in [0, 0.1) is 0 Å². The second-order valence-corrected chi connectivity index (χ2v) is 6.91. The molecule has 1 fully saturated rings. The van der Waals surface area contributed by atoms with Gasteiger partial charge in [-0.2, -0.15) is 0 Å². The van der Waals surface area contributed by atoms with E-state index in [4.69, 9.17) is 9.47 Å². The maximum Gasteiger partial charge on any atom is 0.411 e. The number of carbonyl (C=O) groups is 2. The summed E-state index contributed by atoms with van der Waals surface area (Å²) in [6, 6.07) is 4.44. The van der Waals surface area contributed by atoms with Gasteiger partial charge in [0.1, 0.15) is 22.1 Å². The molecule has 0 radical (unpaired) electrons. The molecule has 23 heavy (non-hydrogen) atoms. The molecule has 126 valence electrons. The fourth-order valence-electron chi connectivity index (χ4n) is 2.05. The number of morpholine rings is 1. The van der Waals surface area contributed by atoms with Crippen LogP contribution in [0.5, 0.6) is 0 Å². The van der Waals surface area contributed by atoms with E-state index >= 15 is 0 Å². The SMILES string of the molecule is CC(C)(C)OC(=O)N1CCOCC1C(=O)Nc1cccc(Br)n1. The molecule has 1 saturated heterocycles. The minimum Gasteiger partial charge on any atom is -0.444 e. The van der Waals surface area contributed by atoms with Gasteiger partial charge in [0.15, 0.2) is 0 Å². The number of rotatable bonds is 2. The van der Waals surface area contributed by atoms with E-state index in [-0.39, 0.29) is 12.5 Å². The Labute approximate surface area is 143 Å². The fourth-order valence-corrected chi connectivity index (χ4v) is 2.39. The monoisotopic (exact) mass is 385 g/mol. The topological polar surface area (TPSA) is 80.8 Å². The van der Waals surface area contributed by atoms with Crippen molar-refractivity contribution in [1.29, 1.82) is 0 Å². The third kappa shape index (κ3) is 5.18. The van der Waals surface area contributed by atoms with Crippen LogP contribution in [-0.2, 0) is 14.3 Å². The summed E-state index contributed by atoms with van der Waals surface area (Å²) in [5.41, 5.74) is -0.623. The standard InChI is InChI=1S/C15H20BrN3O4/c1-15(2,3)23-14(21)19-7-8-22-9-10(19)13(20)18-12-6-4-5-11(16)17-12/h4-6,10H,7-9H2,1-3H3,(H,17,18,20). The van der Waals surface area contributed by atoms with Crippen molar-refractivity contribution < 1.29 is 19.1 Å². The lowest BCUT2D eigenvalue weighted by Gasteiger charge is -2.35. The molecular weight excluding hydrogens is 366 g/mol. The first-order valence-electron chi connectivity index (χ1n) is 7.27. The van der Waals surface area contributed by atoms with Crippen LogP contribution >= 0.6 is 15.9 Å². The van der Waals surface area contributed by atoms with Gasteiger partial charge in [-0.1, -0.05) is 6.07 Å². The van der Waals surface area contributed by atoms with E-state index in [1.54, 1.807) is 39.0 Å². The van der Waals surface area contributed by atoms with E-state index in [1.165, 1.54) is 4.90 Å². The second kappa shape index (κ2) is 7.27. The van der Waals surface area contributed by atoms with E-state index < -0.39 is 17.7 Å². The van der Waals surface area contributed by atoms with Crippen LogP contribution in [0.4, 0.5) is 10.6 Å². The Kier molecular flexibility index (Phi) is 5.59. The highest BCUT2D eigenvalue weighted by atomic mass is 79.9. The zero-order valence-corrected chi connectivity index (χ0v) is 14.9. The summed E-state index contributed by atoms with van der Waals surface area (Å²) in [5.74, 6) is 0.0419. The second-order valence-electron chi connectivity index (χ2n) is 6.10. The average molecular weight is 386 g/mol. The van der Waals surface area contributed by atoms with Crippen LogP contribution in [0.15, 0.2) is 22.8 Å². The number of ether oxygens (including phenoxy) is 2. The highest BCUT2D eigenvalue weighted by molar-refractivity contribution is 9.10. The molecule has 1 unspecified atom stereocenters. The van der Waals surface area contributed by atoms with E-state index in [1.807, 2.05) is 0 Å². The van der Waals surface area contributed by atoms with Gasteiger partial charge in [-0.05, 0) is 48.8 Å². The summed E-state index contributed by atoms with van der Waals surface area (Å²) >= 11 is 3.24. The lowest BCUT2D eigenvalue weighted by molar-refractivity contribution is -0.127. The molecule has 1 aliphatic heterocycles. The van der Waals surface area contributed by atoms with Gasteiger partial charge in [-0.3, -0.25) is 9.69 Å². The van der Waals surface area contributed by atoms with Crippen molar-refractivity contribution in [2.45, 2.75) is 32.4 Å². The molecule has 8 heteroatoms. The Morgan fingerprint density at radius 2 is 2.17 bits per heavy atom. The van der Waals surface area contributed by atoms with Gasteiger partial charge in [-0.25, -0.2) is 9.78 Å². The van der Waals surface area contributed by atoms with Gasteiger partial charge < -0.3 is 14.8 Å². The van der Waals surface area contributed by atoms with E-state index in [0.29, 0.717) is 23.6 Å². The van der Waals surface area contributed by atoms with Crippen molar-refractivity contribution in [3.8, 4) is 0 Å². The molecule has 0 spiro atoms. The summed E-state index contributed by atoms with van der Waals surface area (Å²) in [6.45, 7) is 6.15. The first-order valence-corrected chi connectivity index (χ1v) is 8.06. The fraction of sp³-hybridized carbons (Fsp3) is 0.533. The first-order chi connectivity index (χ1) is 10.8. The Bertz CT molecular complexity index is 588. The van der Waals surface area contributed by atoms with Crippen molar-refractivity contribution in [3.63, 3.8) is 0 Å². The van der Waals surface area contributed by atoms with Crippen LogP contribution in [0.3, 0.4) is 0 Å². The maximum absolute atomic E-state index is 12.5. The third-order valence-electron chi connectivity index (χ3n) is 3.03. The number of aromatic nitrogens is 1. The van der Waals surface area contributed by atoms with Crippen molar-refractivity contribution in [3.05, 3.63) is 22.8 Å². The van der Waals surface area contributed by atoms with Gasteiger partial charge in [0.05, 0.1) is 13.2 Å². The van der Waals surface area contributed by atoms with E-state index in [9.17, 15) is 9.59 Å². The molecule has 1 atom stereocenters. The van der Waals surface area contributed by atoms with E-state index in [0.717, 1.165) is 0 Å². The molecule has 0 aromatic carbocycles. The average Bonchev–Trinajstić information content (AvgIpc) is 2.45. The first kappa shape index (κ1) is 17.7. The summed E-state index contributed by atoms with van der Waals surface area (Å²) in [5, 5.41) is 2.69. The Hall–Kier alpha value is -1.67. The number of hydrogen-bond donors (Lipinski definition) is 1. The molecule has 0 bridgehead atoms. The summed E-state index contributed by atoms with van der Waals surface area (Å²) < 4.78 is 11.3. The zero-order valence-electron chi connectivity index (χ0n) is 13.3. The van der Waals surface area contributed by atoms with Gasteiger partial charge in [0.25, 0.3) is 5.91 Å². The lowest BCUT2D eigenvalue weighted by Crippen LogP contribution is -2.55. The number of amides is 2.